The maximum absolute atomic E-state index is 12.3. The average Bonchev–Trinajstić information content (AvgIpc) is 2.56. The number of benzene rings is 1. The number of para-hydroxylation sites is 1. The van der Waals surface area contributed by atoms with Crippen LogP contribution in [0.3, 0.4) is 0 Å². The number of hydrogen-bond donors (Lipinski definition) is 0. The number of fused-ring (bicyclic) bond motifs is 1. The maximum Gasteiger partial charge on any atom is 0.261 e. The molecule has 2 aromatic rings. The molecule has 1 amide bonds. The number of carbonyl (C=O) groups excluding carboxylic acids is 1. The number of thioether (sulfide) groups is 1. The molecule has 124 valence electrons. The monoisotopic (exact) mass is 333 g/mol. The summed E-state index contributed by atoms with van der Waals surface area (Å²) in [6.07, 6.45) is 1.90. The predicted octanol–water partition coefficient (Wildman–Crippen LogP) is 2.67. The lowest BCUT2D eigenvalue weighted by Gasteiger charge is -2.21. The second kappa shape index (κ2) is 8.15. The third-order valence-electron chi connectivity index (χ3n) is 3.61. The molecule has 0 atom stereocenters. The molecule has 2 rings (SSSR count). The molecule has 0 unspecified atom stereocenters. The van der Waals surface area contributed by atoms with Crippen molar-refractivity contribution >= 4 is 28.6 Å². The number of rotatable bonds is 7. The van der Waals surface area contributed by atoms with Crippen LogP contribution in [-0.4, -0.2) is 39.2 Å². The SMILES string of the molecule is CCCN(CCC)C(=O)CSc1nc2ccccc2c(=O)n1C. The zero-order valence-corrected chi connectivity index (χ0v) is 14.7. The quantitative estimate of drug-likeness (QED) is 0.577. The van der Waals surface area contributed by atoms with Gasteiger partial charge < -0.3 is 4.90 Å². The highest BCUT2D eigenvalue weighted by Gasteiger charge is 2.14. The Morgan fingerprint density at radius 1 is 1.22 bits per heavy atom. The largest absolute Gasteiger partial charge is 0.342 e. The third kappa shape index (κ3) is 4.13. The summed E-state index contributed by atoms with van der Waals surface area (Å²) in [6.45, 7) is 5.68. The van der Waals surface area contributed by atoms with E-state index in [1.54, 1.807) is 13.1 Å². The molecule has 0 radical (unpaired) electrons. The van der Waals surface area contributed by atoms with Crippen molar-refractivity contribution in [3.05, 3.63) is 34.6 Å². The van der Waals surface area contributed by atoms with Crippen LogP contribution in [0.5, 0.6) is 0 Å². The van der Waals surface area contributed by atoms with Gasteiger partial charge in [0.15, 0.2) is 5.16 Å². The van der Waals surface area contributed by atoms with Crippen LogP contribution in [0.4, 0.5) is 0 Å². The van der Waals surface area contributed by atoms with Crippen LogP contribution in [0, 0.1) is 0 Å². The van der Waals surface area contributed by atoms with Gasteiger partial charge >= 0.3 is 0 Å². The Hall–Kier alpha value is -1.82. The lowest BCUT2D eigenvalue weighted by molar-refractivity contribution is -0.128. The van der Waals surface area contributed by atoms with Crippen molar-refractivity contribution < 1.29 is 4.79 Å². The van der Waals surface area contributed by atoms with Gasteiger partial charge in [-0.15, -0.1) is 0 Å². The van der Waals surface area contributed by atoms with E-state index < -0.39 is 0 Å². The van der Waals surface area contributed by atoms with E-state index in [0.29, 0.717) is 21.8 Å². The maximum atomic E-state index is 12.3. The summed E-state index contributed by atoms with van der Waals surface area (Å²) in [7, 11) is 1.70. The summed E-state index contributed by atoms with van der Waals surface area (Å²) in [5.74, 6) is 0.402. The van der Waals surface area contributed by atoms with Gasteiger partial charge in [0.1, 0.15) is 0 Å². The number of hydrogen-bond acceptors (Lipinski definition) is 4. The van der Waals surface area contributed by atoms with Crippen molar-refractivity contribution in [3.63, 3.8) is 0 Å². The molecule has 0 aliphatic carbocycles. The first-order valence-electron chi connectivity index (χ1n) is 7.94. The lowest BCUT2D eigenvalue weighted by atomic mass is 10.2. The summed E-state index contributed by atoms with van der Waals surface area (Å²) < 4.78 is 1.52. The molecule has 0 spiro atoms. The smallest absolute Gasteiger partial charge is 0.261 e. The Balaban J connectivity index is 2.17. The van der Waals surface area contributed by atoms with Crippen LogP contribution >= 0.6 is 11.8 Å². The normalized spacial score (nSPS) is 10.9. The zero-order valence-electron chi connectivity index (χ0n) is 13.9. The van der Waals surface area contributed by atoms with E-state index in [0.717, 1.165) is 25.9 Å². The Kier molecular flexibility index (Phi) is 6.21. The van der Waals surface area contributed by atoms with Gasteiger partial charge in [-0.25, -0.2) is 4.98 Å². The van der Waals surface area contributed by atoms with Crippen LogP contribution in [0.1, 0.15) is 26.7 Å². The summed E-state index contributed by atoms with van der Waals surface area (Å²) in [5.41, 5.74) is 0.592. The molecular weight excluding hydrogens is 310 g/mol. The van der Waals surface area contributed by atoms with Crippen molar-refractivity contribution in [1.82, 2.24) is 14.5 Å². The van der Waals surface area contributed by atoms with E-state index in [4.69, 9.17) is 0 Å². The number of aromatic nitrogens is 2. The standard InChI is InChI=1S/C17H23N3O2S/c1-4-10-20(11-5-2)15(21)12-23-17-18-14-9-7-6-8-13(14)16(22)19(17)3/h6-9H,4-5,10-12H2,1-3H3. The van der Waals surface area contributed by atoms with Gasteiger partial charge in [0, 0.05) is 20.1 Å². The van der Waals surface area contributed by atoms with Gasteiger partial charge in [-0.1, -0.05) is 37.7 Å². The highest BCUT2D eigenvalue weighted by Crippen LogP contribution is 2.17. The second-order valence-electron chi connectivity index (χ2n) is 5.45. The molecule has 0 aliphatic heterocycles. The first kappa shape index (κ1) is 17.5. The Labute approximate surface area is 140 Å². The second-order valence-corrected chi connectivity index (χ2v) is 6.39. The fraction of sp³-hybridized carbons (Fsp3) is 0.471. The van der Waals surface area contributed by atoms with Gasteiger partial charge in [-0.05, 0) is 25.0 Å². The average molecular weight is 333 g/mol. The third-order valence-corrected chi connectivity index (χ3v) is 4.62. The minimum Gasteiger partial charge on any atom is -0.342 e. The number of nitrogens with zero attached hydrogens (tertiary/aromatic N) is 3. The van der Waals surface area contributed by atoms with Gasteiger partial charge in [-0.2, -0.15) is 0 Å². The van der Waals surface area contributed by atoms with Crippen molar-refractivity contribution in [1.29, 1.82) is 0 Å². The summed E-state index contributed by atoms with van der Waals surface area (Å²) in [5, 5.41) is 1.18. The van der Waals surface area contributed by atoms with Gasteiger partial charge in [-0.3, -0.25) is 14.2 Å². The molecule has 0 fully saturated rings. The van der Waals surface area contributed by atoms with Crippen LogP contribution < -0.4 is 5.56 Å². The topological polar surface area (TPSA) is 55.2 Å². The van der Waals surface area contributed by atoms with E-state index in [1.807, 2.05) is 23.1 Å². The molecule has 0 saturated heterocycles. The minimum absolute atomic E-state index is 0.0791. The fourth-order valence-electron chi connectivity index (χ4n) is 2.45. The number of carbonyl (C=O) groups is 1. The molecule has 1 heterocycles. The molecule has 1 aromatic carbocycles. The highest BCUT2D eigenvalue weighted by molar-refractivity contribution is 7.99. The number of amides is 1. The van der Waals surface area contributed by atoms with Crippen LogP contribution in [0.25, 0.3) is 10.9 Å². The predicted molar refractivity (Wildman–Crippen MR) is 94.9 cm³/mol. The first-order valence-corrected chi connectivity index (χ1v) is 8.93. The molecule has 0 N–H and O–H groups in total. The fourth-order valence-corrected chi connectivity index (χ4v) is 3.32. The van der Waals surface area contributed by atoms with E-state index in [9.17, 15) is 9.59 Å². The van der Waals surface area contributed by atoms with Crippen molar-refractivity contribution in [3.8, 4) is 0 Å². The summed E-state index contributed by atoms with van der Waals surface area (Å²) in [6, 6.07) is 7.28. The molecule has 5 nitrogen and oxygen atoms in total. The first-order chi connectivity index (χ1) is 11.1. The van der Waals surface area contributed by atoms with E-state index in [2.05, 4.69) is 18.8 Å². The highest BCUT2D eigenvalue weighted by atomic mass is 32.2. The Bertz CT molecular complexity index is 736. The van der Waals surface area contributed by atoms with Crippen LogP contribution in [0.2, 0.25) is 0 Å². The molecule has 0 saturated carbocycles. The van der Waals surface area contributed by atoms with Crippen LogP contribution in [0.15, 0.2) is 34.2 Å². The molecule has 23 heavy (non-hydrogen) atoms. The Morgan fingerprint density at radius 3 is 2.52 bits per heavy atom. The van der Waals surface area contributed by atoms with Crippen molar-refractivity contribution in [2.45, 2.75) is 31.8 Å². The zero-order chi connectivity index (χ0) is 16.8. The van der Waals surface area contributed by atoms with E-state index >= 15 is 0 Å². The molecular formula is C17H23N3O2S. The van der Waals surface area contributed by atoms with Gasteiger partial charge in [0.2, 0.25) is 5.91 Å². The molecule has 0 aliphatic rings. The van der Waals surface area contributed by atoms with Gasteiger partial charge in [0.05, 0.1) is 16.7 Å². The van der Waals surface area contributed by atoms with Crippen molar-refractivity contribution in [2.75, 3.05) is 18.8 Å². The van der Waals surface area contributed by atoms with Crippen molar-refractivity contribution in [2.24, 2.45) is 7.05 Å². The minimum atomic E-state index is -0.0791. The molecule has 6 heteroatoms. The summed E-state index contributed by atoms with van der Waals surface area (Å²) >= 11 is 1.32. The lowest BCUT2D eigenvalue weighted by Crippen LogP contribution is -2.34. The van der Waals surface area contributed by atoms with E-state index in [1.165, 1.54) is 16.3 Å². The molecule has 1 aromatic heterocycles. The van der Waals surface area contributed by atoms with Crippen LogP contribution in [-0.2, 0) is 11.8 Å². The molecule has 0 bridgehead atoms. The summed E-state index contributed by atoms with van der Waals surface area (Å²) in [4.78, 5) is 31.1. The van der Waals surface area contributed by atoms with E-state index in [-0.39, 0.29) is 11.5 Å². The van der Waals surface area contributed by atoms with Gasteiger partial charge in [0.25, 0.3) is 5.56 Å². The Morgan fingerprint density at radius 2 is 1.87 bits per heavy atom.